The summed E-state index contributed by atoms with van der Waals surface area (Å²) in [5, 5.41) is 5.34. The van der Waals surface area contributed by atoms with Gasteiger partial charge in [0.2, 0.25) is 0 Å². The van der Waals surface area contributed by atoms with Crippen LogP contribution in [0.1, 0.15) is 12.0 Å². The molecular weight excluding hydrogens is 295 g/mol. The van der Waals surface area contributed by atoms with Gasteiger partial charge in [0.1, 0.15) is 5.82 Å². The lowest BCUT2D eigenvalue weighted by atomic mass is 10.1. The third-order valence-electron chi connectivity index (χ3n) is 3.47. The molecule has 1 saturated heterocycles. The van der Waals surface area contributed by atoms with E-state index in [1.807, 2.05) is 0 Å². The van der Waals surface area contributed by atoms with E-state index in [-0.39, 0.29) is 29.3 Å². The molecule has 0 spiro atoms. The highest BCUT2D eigenvalue weighted by molar-refractivity contribution is 7.91. The van der Waals surface area contributed by atoms with Crippen molar-refractivity contribution in [2.24, 2.45) is 5.92 Å². The molecule has 5 nitrogen and oxygen atoms in total. The minimum Gasteiger partial charge on any atom is -0.338 e. The van der Waals surface area contributed by atoms with E-state index in [0.717, 1.165) is 5.56 Å². The second kappa shape index (κ2) is 6.89. The molecule has 0 saturated carbocycles. The van der Waals surface area contributed by atoms with Crippen LogP contribution in [0.5, 0.6) is 0 Å². The monoisotopic (exact) mass is 314 g/mol. The van der Waals surface area contributed by atoms with Gasteiger partial charge in [0.25, 0.3) is 0 Å². The Morgan fingerprint density at radius 3 is 2.81 bits per heavy atom. The molecule has 0 bridgehead atoms. The molecule has 21 heavy (non-hydrogen) atoms. The van der Waals surface area contributed by atoms with Gasteiger partial charge >= 0.3 is 6.03 Å². The second-order valence-electron chi connectivity index (χ2n) is 5.29. The number of sulfone groups is 1. The molecule has 1 aromatic carbocycles. The average Bonchev–Trinajstić information content (AvgIpc) is 2.76. The first kappa shape index (κ1) is 15.8. The Morgan fingerprint density at radius 2 is 2.14 bits per heavy atom. The summed E-state index contributed by atoms with van der Waals surface area (Å²) in [5.74, 6) is 0.0697. The molecule has 0 unspecified atom stereocenters. The number of hydrogen-bond acceptors (Lipinski definition) is 3. The Hall–Kier alpha value is -1.63. The maximum absolute atomic E-state index is 13.0. The van der Waals surface area contributed by atoms with Crippen LogP contribution in [0.4, 0.5) is 9.18 Å². The molecule has 7 heteroatoms. The van der Waals surface area contributed by atoms with E-state index in [9.17, 15) is 17.6 Å². The van der Waals surface area contributed by atoms with Crippen LogP contribution in [-0.4, -0.2) is 39.0 Å². The number of benzene rings is 1. The van der Waals surface area contributed by atoms with Crippen molar-refractivity contribution in [1.29, 1.82) is 0 Å². The first-order chi connectivity index (χ1) is 9.94. The maximum atomic E-state index is 13.0. The van der Waals surface area contributed by atoms with E-state index in [1.54, 1.807) is 12.1 Å². The van der Waals surface area contributed by atoms with Crippen LogP contribution in [0.2, 0.25) is 0 Å². The predicted octanol–water partition coefficient (Wildman–Crippen LogP) is 1.10. The highest BCUT2D eigenvalue weighted by atomic mass is 32.2. The van der Waals surface area contributed by atoms with Gasteiger partial charge in [-0.1, -0.05) is 12.1 Å². The van der Waals surface area contributed by atoms with Crippen LogP contribution >= 0.6 is 0 Å². The quantitative estimate of drug-likeness (QED) is 0.854. The summed E-state index contributed by atoms with van der Waals surface area (Å²) in [7, 11) is -2.91. The molecule has 1 atom stereocenters. The molecule has 1 heterocycles. The molecule has 2 rings (SSSR count). The lowest BCUT2D eigenvalue weighted by Crippen LogP contribution is -2.39. The molecule has 116 valence electrons. The van der Waals surface area contributed by atoms with Gasteiger partial charge in [-0.25, -0.2) is 17.6 Å². The van der Waals surface area contributed by atoms with Crippen molar-refractivity contribution in [1.82, 2.24) is 10.6 Å². The number of hydrogen-bond donors (Lipinski definition) is 2. The molecule has 1 aliphatic heterocycles. The van der Waals surface area contributed by atoms with Gasteiger partial charge in [0, 0.05) is 13.1 Å². The van der Waals surface area contributed by atoms with Crippen molar-refractivity contribution in [3.63, 3.8) is 0 Å². The third-order valence-corrected chi connectivity index (χ3v) is 5.30. The average molecular weight is 314 g/mol. The van der Waals surface area contributed by atoms with Gasteiger partial charge in [-0.3, -0.25) is 0 Å². The van der Waals surface area contributed by atoms with E-state index in [1.165, 1.54) is 12.1 Å². The number of amides is 2. The SMILES string of the molecule is O=C(NCCc1cccc(F)c1)NC[C@@H]1CCS(=O)(=O)C1. The zero-order chi connectivity index (χ0) is 15.3. The number of carbonyl (C=O) groups excluding carboxylic acids is 1. The summed E-state index contributed by atoms with van der Waals surface area (Å²) in [5.41, 5.74) is 0.817. The van der Waals surface area contributed by atoms with Gasteiger partial charge in [-0.2, -0.15) is 0 Å². The zero-order valence-electron chi connectivity index (χ0n) is 11.6. The van der Waals surface area contributed by atoms with Crippen LogP contribution in [0.15, 0.2) is 24.3 Å². The van der Waals surface area contributed by atoms with Crippen LogP contribution in [0, 0.1) is 11.7 Å². The van der Waals surface area contributed by atoms with Crippen molar-refractivity contribution < 1.29 is 17.6 Å². The number of urea groups is 1. The van der Waals surface area contributed by atoms with Gasteiger partial charge in [-0.05, 0) is 36.5 Å². The second-order valence-corrected chi connectivity index (χ2v) is 7.51. The Bertz CT molecular complexity index is 604. The summed E-state index contributed by atoms with van der Waals surface area (Å²) in [6.45, 7) is 0.767. The largest absolute Gasteiger partial charge is 0.338 e. The fourth-order valence-corrected chi connectivity index (χ4v) is 4.21. The van der Waals surface area contributed by atoms with Crippen LogP contribution in [-0.2, 0) is 16.3 Å². The lowest BCUT2D eigenvalue weighted by Gasteiger charge is -2.11. The first-order valence-electron chi connectivity index (χ1n) is 6.91. The number of carbonyl (C=O) groups is 1. The molecule has 2 N–H and O–H groups in total. The van der Waals surface area contributed by atoms with E-state index in [4.69, 9.17) is 0 Å². The normalized spacial score (nSPS) is 20.1. The Labute approximate surface area is 123 Å². The molecular formula is C14H19FN2O3S. The topological polar surface area (TPSA) is 75.3 Å². The number of halogens is 1. The van der Waals surface area contributed by atoms with Crippen molar-refractivity contribution in [2.45, 2.75) is 12.8 Å². The van der Waals surface area contributed by atoms with E-state index in [2.05, 4.69) is 10.6 Å². The summed E-state index contributed by atoms with van der Waals surface area (Å²) in [6.07, 6.45) is 1.15. The standard InChI is InChI=1S/C14H19FN2O3S/c15-13-3-1-2-11(8-13)4-6-16-14(18)17-9-12-5-7-21(19,20)10-12/h1-3,8,12H,4-7,9-10H2,(H2,16,17,18)/t12-/m0/s1. The number of nitrogens with one attached hydrogen (secondary N) is 2. The van der Waals surface area contributed by atoms with Crippen molar-refractivity contribution in [3.8, 4) is 0 Å². The van der Waals surface area contributed by atoms with E-state index in [0.29, 0.717) is 25.9 Å². The molecule has 0 aromatic heterocycles. The predicted molar refractivity (Wildman–Crippen MR) is 78.3 cm³/mol. The lowest BCUT2D eigenvalue weighted by molar-refractivity contribution is 0.239. The van der Waals surface area contributed by atoms with Gasteiger partial charge in [0.15, 0.2) is 9.84 Å². The van der Waals surface area contributed by atoms with E-state index >= 15 is 0 Å². The Balaban J connectivity index is 1.64. The van der Waals surface area contributed by atoms with Crippen molar-refractivity contribution >= 4 is 15.9 Å². The summed E-state index contributed by atoms with van der Waals surface area (Å²) < 4.78 is 35.5. The molecule has 1 fully saturated rings. The summed E-state index contributed by atoms with van der Waals surface area (Å²) in [4.78, 5) is 11.6. The molecule has 2 amide bonds. The minimum absolute atomic E-state index is 0.00368. The van der Waals surface area contributed by atoms with Crippen LogP contribution in [0.25, 0.3) is 0 Å². The fraction of sp³-hybridized carbons (Fsp3) is 0.500. The number of rotatable bonds is 5. The maximum Gasteiger partial charge on any atom is 0.314 e. The highest BCUT2D eigenvalue weighted by Crippen LogP contribution is 2.17. The smallest absolute Gasteiger partial charge is 0.314 e. The van der Waals surface area contributed by atoms with Gasteiger partial charge in [-0.15, -0.1) is 0 Å². The van der Waals surface area contributed by atoms with E-state index < -0.39 is 9.84 Å². The first-order valence-corrected chi connectivity index (χ1v) is 8.73. The van der Waals surface area contributed by atoms with Crippen LogP contribution in [0.3, 0.4) is 0 Å². The molecule has 0 aliphatic carbocycles. The van der Waals surface area contributed by atoms with Crippen molar-refractivity contribution in [2.75, 3.05) is 24.6 Å². The Kier molecular flexibility index (Phi) is 5.17. The van der Waals surface area contributed by atoms with Crippen molar-refractivity contribution in [3.05, 3.63) is 35.6 Å². The molecule has 1 aliphatic rings. The third kappa shape index (κ3) is 5.34. The van der Waals surface area contributed by atoms with Crippen LogP contribution < -0.4 is 10.6 Å². The summed E-state index contributed by atoms with van der Waals surface area (Å²) in [6, 6.07) is 5.91. The van der Waals surface area contributed by atoms with Gasteiger partial charge < -0.3 is 10.6 Å². The molecule has 1 aromatic rings. The zero-order valence-corrected chi connectivity index (χ0v) is 12.5. The fourth-order valence-electron chi connectivity index (χ4n) is 2.35. The minimum atomic E-state index is -2.91. The highest BCUT2D eigenvalue weighted by Gasteiger charge is 2.27. The Morgan fingerprint density at radius 1 is 1.33 bits per heavy atom. The van der Waals surface area contributed by atoms with Gasteiger partial charge in [0.05, 0.1) is 11.5 Å². The summed E-state index contributed by atoms with van der Waals surface area (Å²) >= 11 is 0. The molecule has 0 radical (unpaired) electrons.